The average molecular weight is 252 g/mol. The molecule has 0 heterocycles. The molecule has 0 amide bonds. The first-order chi connectivity index (χ1) is 9.20. The van der Waals surface area contributed by atoms with Crippen molar-refractivity contribution < 1.29 is 4.74 Å². The second kappa shape index (κ2) is 6.24. The maximum Gasteiger partial charge on any atom is 0.126 e. The number of hydrogen-bond donors (Lipinski definition) is 0. The van der Waals surface area contributed by atoms with E-state index >= 15 is 0 Å². The maximum atomic E-state index is 5.47. The summed E-state index contributed by atoms with van der Waals surface area (Å²) in [5.74, 6) is 1.44. The average Bonchev–Trinajstić information content (AvgIpc) is 2.45. The zero-order chi connectivity index (χ0) is 13.7. The highest BCUT2D eigenvalue weighted by Crippen LogP contribution is 2.26. The first-order valence-corrected chi connectivity index (χ1v) is 6.62. The lowest BCUT2D eigenvalue weighted by Crippen LogP contribution is -1.92. The predicted octanol–water partition coefficient (Wildman–Crippen LogP) is 4.99. The van der Waals surface area contributed by atoms with E-state index in [0.717, 1.165) is 11.3 Å². The largest absolute Gasteiger partial charge is 0.496 e. The van der Waals surface area contributed by atoms with Crippen LogP contribution in [0.5, 0.6) is 5.75 Å². The van der Waals surface area contributed by atoms with Crippen molar-refractivity contribution in [2.24, 2.45) is 0 Å². The van der Waals surface area contributed by atoms with Gasteiger partial charge in [0.05, 0.1) is 7.11 Å². The van der Waals surface area contributed by atoms with E-state index in [1.54, 1.807) is 7.11 Å². The van der Waals surface area contributed by atoms with Crippen molar-refractivity contribution in [3.63, 3.8) is 0 Å². The van der Waals surface area contributed by atoms with Gasteiger partial charge in [-0.1, -0.05) is 68.5 Å². The smallest absolute Gasteiger partial charge is 0.126 e. The Bertz CT molecular complexity index is 553. The minimum atomic E-state index is 0.515. The van der Waals surface area contributed by atoms with Crippen molar-refractivity contribution in [3.05, 3.63) is 65.2 Å². The van der Waals surface area contributed by atoms with E-state index in [-0.39, 0.29) is 0 Å². The van der Waals surface area contributed by atoms with Gasteiger partial charge in [-0.15, -0.1) is 0 Å². The number of ether oxygens (including phenoxy) is 1. The van der Waals surface area contributed by atoms with Crippen LogP contribution in [0.4, 0.5) is 0 Å². The Labute approximate surface area is 115 Å². The van der Waals surface area contributed by atoms with E-state index in [1.165, 1.54) is 11.1 Å². The molecule has 2 aromatic carbocycles. The molecule has 2 rings (SSSR count). The molecule has 0 aromatic heterocycles. The Balaban J connectivity index is 2.28. The fraction of sp³-hybridized carbons (Fsp3) is 0.222. The summed E-state index contributed by atoms with van der Waals surface area (Å²) in [6, 6.07) is 16.7. The molecule has 98 valence electrons. The minimum Gasteiger partial charge on any atom is -0.496 e. The number of hydrogen-bond acceptors (Lipinski definition) is 1. The molecular formula is C18H20O. The van der Waals surface area contributed by atoms with Crippen molar-refractivity contribution in [1.29, 1.82) is 0 Å². The maximum absolute atomic E-state index is 5.47. The molecule has 0 fully saturated rings. The minimum absolute atomic E-state index is 0.515. The molecule has 0 N–H and O–H groups in total. The molecule has 0 atom stereocenters. The van der Waals surface area contributed by atoms with Crippen LogP contribution in [0, 0.1) is 0 Å². The van der Waals surface area contributed by atoms with E-state index in [0.29, 0.717) is 5.92 Å². The van der Waals surface area contributed by atoms with Crippen LogP contribution < -0.4 is 4.74 Å². The van der Waals surface area contributed by atoms with Gasteiger partial charge in [0.15, 0.2) is 0 Å². The number of methoxy groups -OCH3 is 1. The van der Waals surface area contributed by atoms with Gasteiger partial charge in [0.25, 0.3) is 0 Å². The molecule has 1 heteroatoms. The third-order valence-corrected chi connectivity index (χ3v) is 3.18. The standard InChI is InChI=1S/C18H20O/c1-14(2)17-12-11-16(18(13-17)19-3)10-9-15-7-5-4-6-8-15/h4-14H,1-3H3. The fourth-order valence-electron chi connectivity index (χ4n) is 1.97. The third-order valence-electron chi connectivity index (χ3n) is 3.18. The summed E-state index contributed by atoms with van der Waals surface area (Å²) < 4.78 is 5.47. The van der Waals surface area contributed by atoms with Gasteiger partial charge in [-0.05, 0) is 23.1 Å². The van der Waals surface area contributed by atoms with Gasteiger partial charge in [-0.25, -0.2) is 0 Å². The highest BCUT2D eigenvalue weighted by molar-refractivity contribution is 5.72. The van der Waals surface area contributed by atoms with Crippen LogP contribution in [0.15, 0.2) is 48.5 Å². The van der Waals surface area contributed by atoms with Crippen LogP contribution in [0.25, 0.3) is 12.2 Å². The molecule has 2 aromatic rings. The Morgan fingerprint density at radius 1 is 0.947 bits per heavy atom. The molecule has 0 spiro atoms. The van der Waals surface area contributed by atoms with Gasteiger partial charge >= 0.3 is 0 Å². The normalized spacial score (nSPS) is 11.2. The number of rotatable bonds is 4. The van der Waals surface area contributed by atoms with E-state index in [9.17, 15) is 0 Å². The third kappa shape index (κ3) is 3.47. The van der Waals surface area contributed by atoms with Gasteiger partial charge in [-0.3, -0.25) is 0 Å². The molecule has 0 saturated heterocycles. The zero-order valence-electron chi connectivity index (χ0n) is 11.8. The van der Waals surface area contributed by atoms with Gasteiger partial charge in [0.2, 0.25) is 0 Å². The topological polar surface area (TPSA) is 9.23 Å². The van der Waals surface area contributed by atoms with E-state index in [4.69, 9.17) is 4.74 Å². The molecule has 0 aliphatic heterocycles. The van der Waals surface area contributed by atoms with Gasteiger partial charge in [-0.2, -0.15) is 0 Å². The second-order valence-electron chi connectivity index (χ2n) is 4.90. The van der Waals surface area contributed by atoms with Crippen LogP contribution in [-0.2, 0) is 0 Å². The van der Waals surface area contributed by atoms with Crippen LogP contribution in [0.1, 0.15) is 36.5 Å². The summed E-state index contributed by atoms with van der Waals surface area (Å²) in [7, 11) is 1.72. The van der Waals surface area contributed by atoms with Crippen LogP contribution in [0.2, 0.25) is 0 Å². The first-order valence-electron chi connectivity index (χ1n) is 6.62. The molecular weight excluding hydrogens is 232 g/mol. The van der Waals surface area contributed by atoms with Crippen molar-refractivity contribution >= 4 is 12.2 Å². The Morgan fingerprint density at radius 3 is 2.32 bits per heavy atom. The SMILES string of the molecule is COc1cc(C(C)C)ccc1C=Cc1ccccc1. The van der Waals surface area contributed by atoms with Crippen LogP contribution >= 0.6 is 0 Å². The lowest BCUT2D eigenvalue weighted by molar-refractivity contribution is 0.413. The molecule has 0 aliphatic carbocycles. The Kier molecular flexibility index (Phi) is 4.40. The second-order valence-corrected chi connectivity index (χ2v) is 4.90. The summed E-state index contributed by atoms with van der Waals surface area (Å²) in [6.45, 7) is 4.38. The first kappa shape index (κ1) is 13.4. The summed E-state index contributed by atoms with van der Waals surface area (Å²) in [5.41, 5.74) is 3.60. The van der Waals surface area contributed by atoms with Crippen molar-refractivity contribution in [1.82, 2.24) is 0 Å². The summed E-state index contributed by atoms with van der Waals surface area (Å²) in [6.07, 6.45) is 4.20. The molecule has 1 nitrogen and oxygen atoms in total. The summed E-state index contributed by atoms with van der Waals surface area (Å²) in [4.78, 5) is 0. The molecule has 0 bridgehead atoms. The Morgan fingerprint density at radius 2 is 1.68 bits per heavy atom. The van der Waals surface area contributed by atoms with Crippen molar-refractivity contribution in [2.45, 2.75) is 19.8 Å². The van der Waals surface area contributed by atoms with Gasteiger partial charge in [0, 0.05) is 5.56 Å². The van der Waals surface area contributed by atoms with Crippen molar-refractivity contribution in [3.8, 4) is 5.75 Å². The summed E-state index contributed by atoms with van der Waals surface area (Å²) in [5, 5.41) is 0. The van der Waals surface area contributed by atoms with Crippen LogP contribution in [0.3, 0.4) is 0 Å². The van der Waals surface area contributed by atoms with Crippen molar-refractivity contribution in [2.75, 3.05) is 7.11 Å². The fourth-order valence-corrected chi connectivity index (χ4v) is 1.97. The molecule has 0 saturated carbocycles. The van der Waals surface area contributed by atoms with E-state index in [2.05, 4.69) is 56.3 Å². The lowest BCUT2D eigenvalue weighted by Gasteiger charge is -2.10. The highest BCUT2D eigenvalue weighted by atomic mass is 16.5. The molecule has 0 unspecified atom stereocenters. The predicted molar refractivity (Wildman–Crippen MR) is 82.5 cm³/mol. The molecule has 19 heavy (non-hydrogen) atoms. The molecule has 0 radical (unpaired) electrons. The highest BCUT2D eigenvalue weighted by Gasteiger charge is 2.04. The van der Waals surface area contributed by atoms with Gasteiger partial charge in [0.1, 0.15) is 5.75 Å². The van der Waals surface area contributed by atoms with E-state index in [1.807, 2.05) is 18.2 Å². The monoisotopic (exact) mass is 252 g/mol. The molecule has 0 aliphatic rings. The zero-order valence-corrected chi connectivity index (χ0v) is 11.8. The van der Waals surface area contributed by atoms with Crippen LogP contribution in [-0.4, -0.2) is 7.11 Å². The van der Waals surface area contributed by atoms with Gasteiger partial charge < -0.3 is 4.74 Å². The van der Waals surface area contributed by atoms with E-state index < -0.39 is 0 Å². The summed E-state index contributed by atoms with van der Waals surface area (Å²) >= 11 is 0. The lowest BCUT2D eigenvalue weighted by atomic mass is 10.0. The quantitative estimate of drug-likeness (QED) is 0.697. The Hall–Kier alpha value is -2.02. The number of benzene rings is 2.